The Bertz CT molecular complexity index is 1110. The minimum Gasteiger partial charge on any atom is -0.494 e. The first-order valence-corrected chi connectivity index (χ1v) is 12.4. The number of fused-ring (bicyclic) bond motifs is 1. The minimum atomic E-state index is -0.204. The summed E-state index contributed by atoms with van der Waals surface area (Å²) in [5, 5.41) is 6.64. The largest absolute Gasteiger partial charge is 0.494 e. The Labute approximate surface area is 199 Å². The van der Waals surface area contributed by atoms with Gasteiger partial charge in [0.25, 0.3) is 11.8 Å². The zero-order valence-electron chi connectivity index (χ0n) is 19.1. The van der Waals surface area contributed by atoms with Gasteiger partial charge in [-0.1, -0.05) is 38.5 Å². The van der Waals surface area contributed by atoms with Crippen LogP contribution in [0.15, 0.2) is 54.6 Å². The van der Waals surface area contributed by atoms with Gasteiger partial charge in [0.2, 0.25) is 0 Å². The lowest BCUT2D eigenvalue weighted by Gasteiger charge is -2.18. The molecule has 4 rings (SSSR count). The molecule has 0 saturated heterocycles. The van der Waals surface area contributed by atoms with Crippen molar-refractivity contribution in [2.45, 2.75) is 46.0 Å². The monoisotopic (exact) mass is 462 g/mol. The van der Waals surface area contributed by atoms with Gasteiger partial charge in [-0.05, 0) is 73.6 Å². The molecule has 1 aliphatic carbocycles. The van der Waals surface area contributed by atoms with E-state index >= 15 is 0 Å². The first-order chi connectivity index (χ1) is 16.0. The van der Waals surface area contributed by atoms with Gasteiger partial charge in [0.1, 0.15) is 10.8 Å². The molecule has 3 aromatic rings. The average Bonchev–Trinajstić information content (AvgIpc) is 3.17. The van der Waals surface area contributed by atoms with E-state index in [1.54, 1.807) is 12.1 Å². The highest BCUT2D eigenvalue weighted by Crippen LogP contribution is 2.40. The maximum atomic E-state index is 13.4. The number of hydrogen-bond donors (Lipinski definition) is 2. The minimum absolute atomic E-state index is 0.190. The third-order valence-corrected chi connectivity index (χ3v) is 7.05. The van der Waals surface area contributed by atoms with Crippen molar-refractivity contribution in [2.75, 3.05) is 17.2 Å². The molecule has 1 atom stereocenters. The van der Waals surface area contributed by atoms with Gasteiger partial charge < -0.3 is 15.4 Å². The first-order valence-electron chi connectivity index (χ1n) is 11.6. The highest BCUT2D eigenvalue weighted by molar-refractivity contribution is 7.17. The second kappa shape index (κ2) is 10.7. The Morgan fingerprint density at radius 3 is 2.52 bits per heavy atom. The Morgan fingerprint density at radius 2 is 1.79 bits per heavy atom. The van der Waals surface area contributed by atoms with Crippen LogP contribution in [0.5, 0.6) is 5.75 Å². The zero-order chi connectivity index (χ0) is 23.2. The molecule has 2 aromatic carbocycles. The second-order valence-electron chi connectivity index (χ2n) is 8.56. The van der Waals surface area contributed by atoms with Crippen LogP contribution in [-0.4, -0.2) is 18.4 Å². The van der Waals surface area contributed by atoms with Crippen molar-refractivity contribution in [2.24, 2.45) is 5.92 Å². The molecule has 0 fully saturated rings. The SMILES string of the molecule is CCCCOc1ccc(NC(=O)c2c(NC(=O)c3ccccc3)sc3c2CCC(C)C3)cc1. The Hall–Kier alpha value is -3.12. The number of ether oxygens (including phenoxy) is 1. The molecular weight excluding hydrogens is 432 g/mol. The summed E-state index contributed by atoms with van der Waals surface area (Å²) in [4.78, 5) is 27.4. The maximum Gasteiger partial charge on any atom is 0.258 e. The van der Waals surface area contributed by atoms with E-state index in [0.717, 1.165) is 43.4 Å². The standard InChI is InChI=1S/C27H30N2O3S/c1-3-4-16-32-21-13-11-20(12-14-21)28-26(31)24-22-15-10-18(2)17-23(22)33-27(24)29-25(30)19-8-6-5-7-9-19/h5-9,11-14,18H,3-4,10,15-17H2,1-2H3,(H,28,31)(H,29,30). The average molecular weight is 463 g/mol. The normalized spacial score (nSPS) is 14.9. The fourth-order valence-electron chi connectivity index (χ4n) is 4.01. The quantitative estimate of drug-likeness (QED) is 0.373. The summed E-state index contributed by atoms with van der Waals surface area (Å²) < 4.78 is 5.71. The summed E-state index contributed by atoms with van der Waals surface area (Å²) >= 11 is 1.53. The highest BCUT2D eigenvalue weighted by Gasteiger charge is 2.28. The fraction of sp³-hybridized carbons (Fsp3) is 0.333. The Kier molecular flexibility index (Phi) is 7.45. The number of amides is 2. The molecule has 0 saturated carbocycles. The van der Waals surface area contributed by atoms with E-state index in [0.29, 0.717) is 34.3 Å². The lowest BCUT2D eigenvalue weighted by atomic mass is 9.88. The Morgan fingerprint density at radius 1 is 1.03 bits per heavy atom. The molecule has 1 heterocycles. The molecule has 0 spiro atoms. The molecule has 1 aromatic heterocycles. The van der Waals surface area contributed by atoms with E-state index in [4.69, 9.17) is 4.74 Å². The number of anilines is 2. The number of nitrogens with one attached hydrogen (secondary N) is 2. The molecule has 0 radical (unpaired) electrons. The van der Waals surface area contributed by atoms with Crippen molar-refractivity contribution in [3.05, 3.63) is 76.2 Å². The fourth-order valence-corrected chi connectivity index (χ4v) is 5.41. The molecule has 172 valence electrons. The van der Waals surface area contributed by atoms with E-state index in [9.17, 15) is 9.59 Å². The summed E-state index contributed by atoms with van der Waals surface area (Å²) in [5.41, 5.74) is 2.93. The van der Waals surface area contributed by atoms with Crippen LogP contribution in [0, 0.1) is 5.92 Å². The van der Waals surface area contributed by atoms with Gasteiger partial charge in [-0.2, -0.15) is 0 Å². The van der Waals surface area contributed by atoms with Crippen LogP contribution in [0.25, 0.3) is 0 Å². The lowest BCUT2D eigenvalue weighted by Crippen LogP contribution is -2.19. The number of benzene rings is 2. The molecule has 1 aliphatic rings. The molecular formula is C27H30N2O3S. The Balaban J connectivity index is 1.55. The van der Waals surface area contributed by atoms with E-state index < -0.39 is 0 Å². The van der Waals surface area contributed by atoms with Gasteiger partial charge in [-0.25, -0.2) is 0 Å². The molecule has 5 nitrogen and oxygen atoms in total. The van der Waals surface area contributed by atoms with Gasteiger partial charge >= 0.3 is 0 Å². The van der Waals surface area contributed by atoms with Crippen LogP contribution in [0.2, 0.25) is 0 Å². The van der Waals surface area contributed by atoms with Gasteiger partial charge in [0, 0.05) is 16.1 Å². The van der Waals surface area contributed by atoms with Crippen molar-refractivity contribution in [1.29, 1.82) is 0 Å². The van der Waals surface area contributed by atoms with Crippen LogP contribution >= 0.6 is 11.3 Å². The number of carbonyl (C=O) groups excluding carboxylic acids is 2. The summed E-state index contributed by atoms with van der Waals surface area (Å²) in [6.07, 6.45) is 4.92. The summed E-state index contributed by atoms with van der Waals surface area (Å²) in [7, 11) is 0. The molecule has 0 aliphatic heterocycles. The topological polar surface area (TPSA) is 67.4 Å². The molecule has 1 unspecified atom stereocenters. The van der Waals surface area contributed by atoms with E-state index in [1.807, 2.05) is 42.5 Å². The van der Waals surface area contributed by atoms with E-state index in [-0.39, 0.29) is 11.8 Å². The number of rotatable bonds is 8. The van der Waals surface area contributed by atoms with Crippen LogP contribution < -0.4 is 15.4 Å². The number of thiophene rings is 1. The van der Waals surface area contributed by atoms with E-state index in [2.05, 4.69) is 24.5 Å². The summed E-state index contributed by atoms with van der Waals surface area (Å²) in [6, 6.07) is 16.5. The summed E-state index contributed by atoms with van der Waals surface area (Å²) in [6.45, 7) is 5.04. The number of hydrogen-bond acceptors (Lipinski definition) is 4. The van der Waals surface area contributed by atoms with Crippen molar-refractivity contribution in [3.63, 3.8) is 0 Å². The number of unbranched alkanes of at least 4 members (excludes halogenated alkanes) is 1. The van der Waals surface area contributed by atoms with Crippen molar-refractivity contribution in [1.82, 2.24) is 0 Å². The van der Waals surface area contributed by atoms with Gasteiger partial charge in [0.15, 0.2) is 0 Å². The predicted molar refractivity (Wildman–Crippen MR) is 135 cm³/mol. The van der Waals surface area contributed by atoms with Crippen molar-refractivity contribution < 1.29 is 14.3 Å². The molecule has 2 amide bonds. The third kappa shape index (κ3) is 5.63. The van der Waals surface area contributed by atoms with Crippen LogP contribution in [0.3, 0.4) is 0 Å². The first kappa shape index (κ1) is 23.1. The third-order valence-electron chi connectivity index (χ3n) is 5.88. The molecule has 6 heteroatoms. The molecule has 2 N–H and O–H groups in total. The van der Waals surface area contributed by atoms with Crippen LogP contribution in [-0.2, 0) is 12.8 Å². The maximum absolute atomic E-state index is 13.4. The van der Waals surface area contributed by atoms with E-state index in [1.165, 1.54) is 16.2 Å². The second-order valence-corrected chi connectivity index (χ2v) is 9.66. The molecule has 0 bridgehead atoms. The van der Waals surface area contributed by atoms with Crippen LogP contribution in [0.1, 0.15) is 64.3 Å². The highest BCUT2D eigenvalue weighted by atomic mass is 32.1. The smallest absolute Gasteiger partial charge is 0.258 e. The molecule has 33 heavy (non-hydrogen) atoms. The van der Waals surface area contributed by atoms with Gasteiger partial charge in [0.05, 0.1) is 12.2 Å². The number of carbonyl (C=O) groups is 2. The van der Waals surface area contributed by atoms with Gasteiger partial charge in [-0.3, -0.25) is 9.59 Å². The van der Waals surface area contributed by atoms with Gasteiger partial charge in [-0.15, -0.1) is 11.3 Å². The summed E-state index contributed by atoms with van der Waals surface area (Å²) in [5.74, 6) is 0.971. The van der Waals surface area contributed by atoms with Crippen molar-refractivity contribution >= 4 is 33.8 Å². The van der Waals surface area contributed by atoms with Crippen molar-refractivity contribution in [3.8, 4) is 5.75 Å². The van der Waals surface area contributed by atoms with Crippen LogP contribution in [0.4, 0.5) is 10.7 Å². The predicted octanol–water partition coefficient (Wildman–Crippen LogP) is 6.56. The zero-order valence-corrected chi connectivity index (χ0v) is 20.0. The lowest BCUT2D eigenvalue weighted by molar-refractivity contribution is 0.102.